The number of morpholine rings is 1. The van der Waals surface area contributed by atoms with E-state index in [9.17, 15) is 5.11 Å². The Bertz CT molecular complexity index is 1450. The van der Waals surface area contributed by atoms with E-state index in [1.54, 1.807) is 0 Å². The van der Waals surface area contributed by atoms with Crippen LogP contribution in [0.3, 0.4) is 0 Å². The molecule has 0 bridgehead atoms. The lowest BCUT2D eigenvalue weighted by atomic mass is 9.45. The van der Waals surface area contributed by atoms with Crippen molar-refractivity contribution in [2.75, 3.05) is 32.9 Å². The predicted molar refractivity (Wildman–Crippen MR) is 208 cm³/mol. The first-order valence-electron chi connectivity index (χ1n) is 21.8. The van der Waals surface area contributed by atoms with Crippen molar-refractivity contribution >= 4 is 0 Å². The lowest BCUT2D eigenvalue weighted by Crippen LogP contribution is -2.57. The van der Waals surface area contributed by atoms with E-state index in [4.69, 9.17) is 23.7 Å². The summed E-state index contributed by atoms with van der Waals surface area (Å²) in [6.07, 6.45) is 9.97. The van der Waals surface area contributed by atoms with Crippen LogP contribution in [0.5, 0.6) is 0 Å². The summed E-state index contributed by atoms with van der Waals surface area (Å²) in [6, 6.07) is 10.8. The number of nitrogens with zero attached hydrogens (tertiary/aromatic N) is 1. The van der Waals surface area contributed by atoms with Crippen LogP contribution in [-0.4, -0.2) is 85.3 Å². The summed E-state index contributed by atoms with van der Waals surface area (Å²) >= 11 is 0. The molecule has 2 saturated heterocycles. The molecule has 0 aromatic heterocycles. The number of hydrogen-bond acceptors (Lipinski definition) is 7. The standard InChI is InChI=1S/C46H73NO6/c1-10-49-40(42(6,7)51-11-2)32-26-30(3)37-38(52-32)39(48)44(9)34-19-15-18-33-41(4,5)35(20-21-45(33)29-46(34,45)23-22-43(37,44)8)53-36-28-47(24-25-50-36)27-31-16-13-12-14-17-31/h12-14,16-17,30,32-40,48H,10-11,15,18-29H2,1-9H3. The summed E-state index contributed by atoms with van der Waals surface area (Å²) in [4.78, 5) is 2.50. The predicted octanol–water partition coefficient (Wildman–Crippen LogP) is 8.65. The molecule has 7 aliphatic rings. The van der Waals surface area contributed by atoms with Crippen LogP contribution in [0.15, 0.2) is 30.3 Å². The monoisotopic (exact) mass is 736 g/mol. The highest BCUT2D eigenvalue weighted by Gasteiger charge is 2.83. The normalized spacial score (nSPS) is 46.9. The second-order valence-electron chi connectivity index (χ2n) is 20.5. The van der Waals surface area contributed by atoms with Gasteiger partial charge < -0.3 is 28.8 Å². The Hall–Kier alpha value is -1.06. The maximum atomic E-state index is 12.9. The number of hydrogen-bond donors (Lipinski definition) is 1. The summed E-state index contributed by atoms with van der Waals surface area (Å²) in [5.41, 5.74) is 1.46. The van der Waals surface area contributed by atoms with Crippen molar-refractivity contribution in [1.82, 2.24) is 4.90 Å². The average Bonchev–Trinajstić information content (AvgIpc) is 3.74. The highest BCUT2D eigenvalue weighted by Crippen LogP contribution is 2.88. The van der Waals surface area contributed by atoms with Gasteiger partial charge in [-0.2, -0.15) is 0 Å². The van der Waals surface area contributed by atoms with Crippen LogP contribution in [0.2, 0.25) is 0 Å². The van der Waals surface area contributed by atoms with E-state index in [1.807, 2.05) is 0 Å². The molecule has 7 fully saturated rings. The smallest absolute Gasteiger partial charge is 0.170 e. The van der Waals surface area contributed by atoms with Gasteiger partial charge in [-0.3, -0.25) is 4.90 Å². The van der Waals surface area contributed by atoms with Crippen molar-refractivity contribution < 1.29 is 28.8 Å². The molecular weight excluding hydrogens is 663 g/mol. The molecule has 0 radical (unpaired) electrons. The number of aliphatic hydroxyl groups is 1. The van der Waals surface area contributed by atoms with Gasteiger partial charge in [0.1, 0.15) is 6.10 Å². The quantitative estimate of drug-likeness (QED) is 0.258. The summed E-state index contributed by atoms with van der Waals surface area (Å²) < 4.78 is 33.3. The molecule has 14 atom stereocenters. The average molecular weight is 736 g/mol. The first kappa shape index (κ1) is 38.8. The van der Waals surface area contributed by atoms with E-state index in [0.29, 0.717) is 47.7 Å². The summed E-state index contributed by atoms with van der Waals surface area (Å²) in [5, 5.41) is 12.9. The van der Waals surface area contributed by atoms with Crippen LogP contribution in [0.25, 0.3) is 0 Å². The number of benzene rings is 1. The minimum atomic E-state index is -0.480. The van der Waals surface area contributed by atoms with Crippen LogP contribution in [-0.2, 0) is 30.2 Å². The summed E-state index contributed by atoms with van der Waals surface area (Å²) in [7, 11) is 0. The number of fused-ring (bicyclic) bond motifs is 4. The van der Waals surface area contributed by atoms with E-state index >= 15 is 0 Å². The Kier molecular flexibility index (Phi) is 10.1. The Morgan fingerprint density at radius 1 is 0.962 bits per heavy atom. The third kappa shape index (κ3) is 5.81. The van der Waals surface area contributed by atoms with E-state index in [1.165, 1.54) is 50.5 Å². The Morgan fingerprint density at radius 3 is 2.43 bits per heavy atom. The molecule has 298 valence electrons. The van der Waals surface area contributed by atoms with Gasteiger partial charge in [-0.15, -0.1) is 0 Å². The maximum absolute atomic E-state index is 12.9. The number of aliphatic hydroxyl groups excluding tert-OH is 1. The molecule has 7 nitrogen and oxygen atoms in total. The molecule has 53 heavy (non-hydrogen) atoms. The number of rotatable bonds is 10. The van der Waals surface area contributed by atoms with Crippen molar-refractivity contribution in [3.63, 3.8) is 0 Å². The van der Waals surface area contributed by atoms with Gasteiger partial charge in [0.15, 0.2) is 6.29 Å². The second kappa shape index (κ2) is 13.8. The second-order valence-corrected chi connectivity index (χ2v) is 20.5. The first-order valence-corrected chi connectivity index (χ1v) is 21.8. The topological polar surface area (TPSA) is 69.6 Å². The molecule has 1 aromatic carbocycles. The fourth-order valence-corrected chi connectivity index (χ4v) is 15.3. The Morgan fingerprint density at radius 2 is 1.70 bits per heavy atom. The number of ether oxygens (including phenoxy) is 5. The first-order chi connectivity index (χ1) is 25.2. The van der Waals surface area contributed by atoms with Crippen LogP contribution >= 0.6 is 0 Å². The minimum absolute atomic E-state index is 0.0390. The van der Waals surface area contributed by atoms with Crippen molar-refractivity contribution in [2.24, 2.45) is 50.7 Å². The van der Waals surface area contributed by atoms with Crippen molar-refractivity contribution in [1.29, 1.82) is 0 Å². The third-order valence-corrected chi connectivity index (χ3v) is 17.6. The van der Waals surface area contributed by atoms with Crippen molar-refractivity contribution in [3.05, 3.63) is 35.9 Å². The fourth-order valence-electron chi connectivity index (χ4n) is 15.3. The molecule has 14 unspecified atom stereocenters. The zero-order chi connectivity index (χ0) is 37.6. The molecule has 5 aliphatic carbocycles. The SMILES string of the molecule is CCOC(C1CC(C)C2C(O1)C(O)C1(C)C3CCCC4C(C)(C)C(OC5CN(Cc6ccccc6)CCO5)CCC45CC35CCC21C)C(C)(C)OCC. The maximum Gasteiger partial charge on any atom is 0.170 e. The molecule has 5 saturated carbocycles. The van der Waals surface area contributed by atoms with Crippen LogP contribution in [0.4, 0.5) is 0 Å². The molecular formula is C46H73NO6. The summed E-state index contributed by atoms with van der Waals surface area (Å²) in [5.74, 6) is 1.93. The van der Waals surface area contributed by atoms with Crippen LogP contribution in [0, 0.1) is 50.7 Å². The Labute approximate surface area is 321 Å². The molecule has 0 amide bonds. The van der Waals surface area contributed by atoms with Gasteiger partial charge in [0.05, 0.1) is 36.6 Å². The van der Waals surface area contributed by atoms with E-state index in [-0.39, 0.29) is 47.0 Å². The largest absolute Gasteiger partial charge is 0.390 e. The Balaban J connectivity index is 1.02. The van der Waals surface area contributed by atoms with E-state index in [2.05, 4.69) is 97.5 Å². The van der Waals surface area contributed by atoms with Gasteiger partial charge in [-0.1, -0.05) is 71.4 Å². The van der Waals surface area contributed by atoms with Crippen molar-refractivity contribution in [3.8, 4) is 0 Å². The van der Waals surface area contributed by atoms with E-state index < -0.39 is 11.7 Å². The molecule has 1 aromatic rings. The molecule has 2 aliphatic heterocycles. The minimum Gasteiger partial charge on any atom is -0.390 e. The fraction of sp³-hybridized carbons (Fsp3) is 0.870. The molecule has 7 heteroatoms. The highest BCUT2D eigenvalue weighted by molar-refractivity contribution is 5.32. The third-order valence-electron chi connectivity index (χ3n) is 17.6. The zero-order valence-electron chi connectivity index (χ0n) is 34.7. The molecule has 2 heterocycles. The lowest BCUT2D eigenvalue weighted by Gasteiger charge is -2.60. The van der Waals surface area contributed by atoms with E-state index in [0.717, 1.165) is 39.1 Å². The molecule has 2 spiro atoms. The van der Waals surface area contributed by atoms with Gasteiger partial charge in [0.25, 0.3) is 0 Å². The lowest BCUT2D eigenvalue weighted by molar-refractivity contribution is -0.242. The van der Waals surface area contributed by atoms with Gasteiger partial charge in [-0.05, 0) is 130 Å². The zero-order valence-corrected chi connectivity index (χ0v) is 34.7. The molecule has 8 rings (SSSR count). The van der Waals surface area contributed by atoms with Gasteiger partial charge >= 0.3 is 0 Å². The van der Waals surface area contributed by atoms with Gasteiger partial charge in [-0.25, -0.2) is 0 Å². The van der Waals surface area contributed by atoms with Crippen molar-refractivity contribution in [2.45, 2.75) is 169 Å². The highest BCUT2D eigenvalue weighted by atomic mass is 16.7. The van der Waals surface area contributed by atoms with Crippen LogP contribution < -0.4 is 0 Å². The van der Waals surface area contributed by atoms with Gasteiger partial charge in [0, 0.05) is 38.3 Å². The molecule has 1 N–H and O–H groups in total. The summed E-state index contributed by atoms with van der Waals surface area (Å²) in [6.45, 7) is 25.7. The van der Waals surface area contributed by atoms with Crippen LogP contribution in [0.1, 0.15) is 126 Å². The van der Waals surface area contributed by atoms with Gasteiger partial charge in [0.2, 0.25) is 0 Å².